The summed E-state index contributed by atoms with van der Waals surface area (Å²) in [4.78, 5) is 12.9. The molecule has 0 heterocycles. The lowest BCUT2D eigenvalue weighted by atomic mass is 9.77. The molecule has 4 heteroatoms. The number of aliphatic hydroxyl groups is 1. The molecular formula is C30H42O4. The zero-order valence-corrected chi connectivity index (χ0v) is 21.8. The van der Waals surface area contributed by atoms with Crippen molar-refractivity contribution in [1.82, 2.24) is 0 Å². The van der Waals surface area contributed by atoms with Gasteiger partial charge in [0.1, 0.15) is 12.7 Å². The molecule has 3 unspecified atom stereocenters. The third kappa shape index (κ3) is 8.32. The van der Waals surface area contributed by atoms with Gasteiger partial charge in [-0.15, -0.1) is 0 Å². The Bertz CT molecular complexity index is 916. The molecule has 1 aromatic carbocycles. The zero-order valence-electron chi connectivity index (χ0n) is 21.8. The highest BCUT2D eigenvalue weighted by Crippen LogP contribution is 2.36. The van der Waals surface area contributed by atoms with Crippen LogP contribution in [0.15, 0.2) is 76.8 Å². The fourth-order valence-corrected chi connectivity index (χ4v) is 4.22. The van der Waals surface area contributed by atoms with E-state index >= 15 is 0 Å². The first-order chi connectivity index (χ1) is 16.2. The third-order valence-electron chi connectivity index (χ3n) is 6.48. The van der Waals surface area contributed by atoms with Crippen LogP contribution in [0.1, 0.15) is 72.3 Å². The quantitative estimate of drug-likeness (QED) is 0.335. The van der Waals surface area contributed by atoms with Crippen LogP contribution in [0, 0.1) is 11.8 Å². The maximum atomic E-state index is 12.9. The van der Waals surface area contributed by atoms with Gasteiger partial charge in [0.2, 0.25) is 11.5 Å². The number of hydrogen-bond acceptors (Lipinski definition) is 4. The number of allylic oxidation sites excluding steroid dienone is 7. The summed E-state index contributed by atoms with van der Waals surface area (Å²) in [6, 6.07) is 9.72. The molecule has 3 atom stereocenters. The van der Waals surface area contributed by atoms with Crippen molar-refractivity contribution >= 4 is 5.78 Å². The smallest absolute Gasteiger partial charge is 0.204 e. The Hall–Kier alpha value is -2.59. The van der Waals surface area contributed by atoms with Gasteiger partial charge in [-0.3, -0.25) is 4.79 Å². The lowest BCUT2D eigenvalue weighted by Gasteiger charge is -2.34. The lowest BCUT2D eigenvalue weighted by Crippen LogP contribution is -2.40. The van der Waals surface area contributed by atoms with Crippen molar-refractivity contribution in [3.63, 3.8) is 0 Å². The Morgan fingerprint density at radius 3 is 2.21 bits per heavy atom. The first-order valence-corrected chi connectivity index (χ1v) is 12.4. The van der Waals surface area contributed by atoms with Crippen molar-refractivity contribution < 1.29 is 19.4 Å². The zero-order chi connectivity index (χ0) is 25.1. The van der Waals surface area contributed by atoms with Crippen molar-refractivity contribution in [1.29, 1.82) is 0 Å². The molecule has 0 spiro atoms. The van der Waals surface area contributed by atoms with Crippen molar-refractivity contribution in [2.75, 3.05) is 7.11 Å². The Labute approximate surface area is 206 Å². The van der Waals surface area contributed by atoms with E-state index < -0.39 is 6.10 Å². The molecule has 1 aliphatic carbocycles. The summed E-state index contributed by atoms with van der Waals surface area (Å²) in [7, 11) is 1.46. The number of ketones is 1. The first-order valence-electron chi connectivity index (χ1n) is 12.4. The van der Waals surface area contributed by atoms with Crippen molar-refractivity contribution in [2.24, 2.45) is 11.8 Å². The van der Waals surface area contributed by atoms with Gasteiger partial charge in [0.15, 0.2) is 5.76 Å². The van der Waals surface area contributed by atoms with Gasteiger partial charge in [0.25, 0.3) is 0 Å². The molecule has 0 aromatic heterocycles. The maximum absolute atomic E-state index is 12.9. The van der Waals surface area contributed by atoms with E-state index in [1.165, 1.54) is 23.8 Å². The van der Waals surface area contributed by atoms with Gasteiger partial charge < -0.3 is 14.6 Å². The predicted octanol–water partition coefficient (Wildman–Crippen LogP) is 7.07. The van der Waals surface area contributed by atoms with E-state index in [9.17, 15) is 9.90 Å². The monoisotopic (exact) mass is 466 g/mol. The number of methoxy groups -OCH3 is 1. The van der Waals surface area contributed by atoms with Gasteiger partial charge in [0.05, 0.1) is 7.11 Å². The molecule has 0 saturated heterocycles. The van der Waals surface area contributed by atoms with Crippen LogP contribution in [0.25, 0.3) is 0 Å². The third-order valence-corrected chi connectivity index (χ3v) is 6.48. The van der Waals surface area contributed by atoms with E-state index in [4.69, 9.17) is 9.47 Å². The number of hydrogen-bond donors (Lipinski definition) is 1. The fourth-order valence-electron chi connectivity index (χ4n) is 4.22. The van der Waals surface area contributed by atoms with Gasteiger partial charge in [-0.1, -0.05) is 72.2 Å². The highest BCUT2D eigenvalue weighted by atomic mass is 16.5. The standard InChI is InChI=1S/C30H42O4/c1-21(2)12-10-13-22(3)14-11-15-23(4)18-19-26-24(5)27(31)29(33-6)30(28(26)32)34-20-25-16-8-7-9-17-25/h7-9,12,14,16-18,24,26,28,32H,10-11,13,15,19-20H2,1-6H3. The number of carbonyl (C=O) groups is 1. The van der Waals surface area contributed by atoms with Gasteiger partial charge in [-0.25, -0.2) is 0 Å². The maximum Gasteiger partial charge on any atom is 0.204 e. The lowest BCUT2D eigenvalue weighted by molar-refractivity contribution is -0.128. The van der Waals surface area contributed by atoms with E-state index in [1.54, 1.807) is 0 Å². The second-order valence-electron chi connectivity index (χ2n) is 9.63. The van der Waals surface area contributed by atoms with Crippen LogP contribution in [-0.4, -0.2) is 24.1 Å². The molecular weight excluding hydrogens is 424 g/mol. The molecule has 0 amide bonds. The molecule has 0 aliphatic heterocycles. The molecule has 1 aliphatic rings. The van der Waals surface area contributed by atoms with E-state index in [0.29, 0.717) is 6.42 Å². The summed E-state index contributed by atoms with van der Waals surface area (Å²) in [5.41, 5.74) is 5.03. The van der Waals surface area contributed by atoms with Crippen LogP contribution in [0.2, 0.25) is 0 Å². The Balaban J connectivity index is 2.00. The average Bonchev–Trinajstić information content (AvgIpc) is 2.81. The minimum absolute atomic E-state index is 0.109. The number of Topliss-reactive ketones (excluding diaryl/α,β-unsaturated/α-hetero) is 1. The van der Waals surface area contributed by atoms with Crippen molar-refractivity contribution in [2.45, 2.75) is 79.4 Å². The van der Waals surface area contributed by atoms with E-state index in [-0.39, 0.29) is 35.7 Å². The van der Waals surface area contributed by atoms with Crippen LogP contribution < -0.4 is 0 Å². The van der Waals surface area contributed by atoms with Gasteiger partial charge in [0, 0.05) is 11.8 Å². The highest BCUT2D eigenvalue weighted by Gasteiger charge is 2.42. The molecule has 34 heavy (non-hydrogen) atoms. The van der Waals surface area contributed by atoms with Crippen molar-refractivity contribution in [3.05, 3.63) is 82.4 Å². The predicted molar refractivity (Wildman–Crippen MR) is 139 cm³/mol. The molecule has 1 N–H and O–H groups in total. The summed E-state index contributed by atoms with van der Waals surface area (Å²) < 4.78 is 11.3. The molecule has 0 radical (unpaired) electrons. The Kier molecular flexibility index (Phi) is 11.4. The first kappa shape index (κ1) is 27.7. The average molecular weight is 467 g/mol. The van der Waals surface area contributed by atoms with Crippen LogP contribution in [0.5, 0.6) is 0 Å². The minimum Gasteiger partial charge on any atom is -0.490 e. The van der Waals surface area contributed by atoms with Gasteiger partial charge in [-0.05, 0) is 65.4 Å². The number of ether oxygens (including phenoxy) is 2. The van der Waals surface area contributed by atoms with Crippen LogP contribution >= 0.6 is 0 Å². The second kappa shape index (κ2) is 14.0. The summed E-state index contributed by atoms with van der Waals surface area (Å²) >= 11 is 0. The van der Waals surface area contributed by atoms with Crippen molar-refractivity contribution in [3.8, 4) is 0 Å². The molecule has 2 rings (SSSR count). The van der Waals surface area contributed by atoms with Crippen LogP contribution in [0.4, 0.5) is 0 Å². The Morgan fingerprint density at radius 2 is 1.59 bits per heavy atom. The summed E-state index contributed by atoms with van der Waals surface area (Å²) in [6.45, 7) is 10.7. The molecule has 186 valence electrons. The molecule has 0 saturated carbocycles. The molecule has 1 aromatic rings. The normalized spacial score (nSPS) is 21.5. The number of carbonyl (C=O) groups excluding carboxylic acids is 1. The second-order valence-corrected chi connectivity index (χ2v) is 9.63. The van der Waals surface area contributed by atoms with Gasteiger partial charge in [-0.2, -0.15) is 0 Å². The van der Waals surface area contributed by atoms with E-state index in [0.717, 1.165) is 31.2 Å². The highest BCUT2D eigenvalue weighted by molar-refractivity contribution is 5.97. The Morgan fingerprint density at radius 1 is 0.971 bits per heavy atom. The summed E-state index contributed by atoms with van der Waals surface area (Å²) in [5.74, 6) is -0.298. The minimum atomic E-state index is -0.882. The van der Waals surface area contributed by atoms with E-state index in [2.05, 4.69) is 45.9 Å². The molecule has 4 nitrogen and oxygen atoms in total. The number of rotatable bonds is 12. The molecule has 0 fully saturated rings. The summed E-state index contributed by atoms with van der Waals surface area (Å²) in [6.07, 6.45) is 10.7. The SMILES string of the molecule is COC1=C(OCc2ccccc2)C(O)C(CC=C(C)CCC=C(C)CCC=C(C)C)C(C)C1=O. The van der Waals surface area contributed by atoms with Crippen LogP contribution in [-0.2, 0) is 20.9 Å². The summed E-state index contributed by atoms with van der Waals surface area (Å²) in [5, 5.41) is 11.1. The largest absolute Gasteiger partial charge is 0.490 e. The fraction of sp³-hybridized carbons (Fsp3) is 0.500. The number of benzene rings is 1. The number of aliphatic hydroxyl groups excluding tert-OH is 1. The van der Waals surface area contributed by atoms with Gasteiger partial charge >= 0.3 is 0 Å². The van der Waals surface area contributed by atoms with Crippen LogP contribution in [0.3, 0.4) is 0 Å². The van der Waals surface area contributed by atoms with E-state index in [1.807, 2.05) is 37.3 Å². The molecule has 0 bridgehead atoms. The topological polar surface area (TPSA) is 55.8 Å².